The summed E-state index contributed by atoms with van der Waals surface area (Å²) in [4.78, 5) is 43.5. The van der Waals surface area contributed by atoms with Crippen LogP contribution in [0.4, 0.5) is 0 Å². The molecule has 9 nitrogen and oxygen atoms in total. The van der Waals surface area contributed by atoms with Crippen LogP contribution in [0.5, 0.6) is 0 Å². The van der Waals surface area contributed by atoms with Crippen molar-refractivity contribution in [1.82, 2.24) is 29.6 Å². The van der Waals surface area contributed by atoms with E-state index < -0.39 is 17.2 Å². The third kappa shape index (κ3) is 3.49. The van der Waals surface area contributed by atoms with Crippen LogP contribution in [0.15, 0.2) is 46.0 Å². The van der Waals surface area contributed by atoms with E-state index in [1.807, 2.05) is 17.5 Å². The zero-order chi connectivity index (χ0) is 16.9. The Kier molecular flexibility index (Phi) is 4.66. The van der Waals surface area contributed by atoms with E-state index in [2.05, 4.69) is 20.4 Å². The fourth-order valence-corrected chi connectivity index (χ4v) is 2.80. The third-order valence-corrected chi connectivity index (χ3v) is 4.15. The molecule has 0 fully saturated rings. The van der Waals surface area contributed by atoms with Gasteiger partial charge < -0.3 is 10.3 Å². The normalized spacial score (nSPS) is 10.7. The van der Waals surface area contributed by atoms with Crippen LogP contribution in [0.1, 0.15) is 15.2 Å². The van der Waals surface area contributed by atoms with Gasteiger partial charge in [0, 0.05) is 17.6 Å². The summed E-state index contributed by atoms with van der Waals surface area (Å²) in [5, 5.41) is 8.39. The van der Waals surface area contributed by atoms with E-state index in [0.717, 1.165) is 15.6 Å². The maximum Gasteiger partial charge on any atom is 0.328 e. The molecule has 0 spiro atoms. The molecule has 3 aromatic rings. The molecule has 0 bridgehead atoms. The minimum Gasteiger partial charge on any atom is -0.350 e. The van der Waals surface area contributed by atoms with Gasteiger partial charge in [0.2, 0.25) is 0 Å². The predicted molar refractivity (Wildman–Crippen MR) is 87.1 cm³/mol. The van der Waals surface area contributed by atoms with Crippen LogP contribution < -0.4 is 16.6 Å². The number of hydrogen-bond acceptors (Lipinski definition) is 6. The van der Waals surface area contributed by atoms with Gasteiger partial charge in [0.25, 0.3) is 11.5 Å². The molecular weight excluding hydrogens is 332 g/mol. The Balaban J connectivity index is 1.74. The highest BCUT2D eigenvalue weighted by atomic mass is 32.1. The number of hydrogen-bond donors (Lipinski definition) is 2. The summed E-state index contributed by atoms with van der Waals surface area (Å²) in [5.41, 5.74) is -1.28. The molecule has 24 heavy (non-hydrogen) atoms. The van der Waals surface area contributed by atoms with Crippen molar-refractivity contribution in [1.29, 1.82) is 0 Å². The Morgan fingerprint density at radius 1 is 1.38 bits per heavy atom. The van der Waals surface area contributed by atoms with E-state index in [0.29, 0.717) is 6.54 Å². The predicted octanol–water partition coefficient (Wildman–Crippen LogP) is -0.332. The van der Waals surface area contributed by atoms with Crippen LogP contribution >= 0.6 is 11.3 Å². The smallest absolute Gasteiger partial charge is 0.328 e. The highest BCUT2D eigenvalue weighted by molar-refractivity contribution is 7.09. The second kappa shape index (κ2) is 7.04. The molecule has 0 aliphatic carbocycles. The van der Waals surface area contributed by atoms with Crippen molar-refractivity contribution >= 4 is 17.2 Å². The Labute approximate surface area is 139 Å². The Morgan fingerprint density at radius 3 is 2.96 bits per heavy atom. The summed E-state index contributed by atoms with van der Waals surface area (Å²) in [6, 6.07) is 3.65. The van der Waals surface area contributed by atoms with Crippen molar-refractivity contribution in [3.63, 3.8) is 0 Å². The van der Waals surface area contributed by atoms with E-state index in [1.165, 1.54) is 24.0 Å². The number of amides is 1. The van der Waals surface area contributed by atoms with E-state index in [9.17, 15) is 14.4 Å². The molecular formula is C14H14N6O3S. The number of aromatic amines is 1. The highest BCUT2D eigenvalue weighted by Crippen LogP contribution is 2.08. The molecule has 10 heteroatoms. The van der Waals surface area contributed by atoms with Crippen LogP contribution in [0.3, 0.4) is 0 Å². The van der Waals surface area contributed by atoms with E-state index in [4.69, 9.17) is 0 Å². The lowest BCUT2D eigenvalue weighted by Gasteiger charge is -2.07. The van der Waals surface area contributed by atoms with Crippen LogP contribution in [0, 0.1) is 0 Å². The topological polar surface area (TPSA) is 115 Å². The van der Waals surface area contributed by atoms with Crippen LogP contribution in [0.2, 0.25) is 0 Å². The number of thiophene rings is 1. The van der Waals surface area contributed by atoms with Gasteiger partial charge in [-0.1, -0.05) is 6.07 Å². The first-order chi connectivity index (χ1) is 11.6. The average molecular weight is 346 g/mol. The summed E-state index contributed by atoms with van der Waals surface area (Å²) >= 11 is 1.43. The molecule has 0 aromatic carbocycles. The number of nitrogens with one attached hydrogen (secondary N) is 2. The van der Waals surface area contributed by atoms with Crippen molar-refractivity contribution in [3.8, 4) is 0 Å². The molecule has 1 amide bonds. The van der Waals surface area contributed by atoms with Crippen LogP contribution in [-0.4, -0.2) is 36.8 Å². The second-order valence-corrected chi connectivity index (χ2v) is 5.92. The van der Waals surface area contributed by atoms with Gasteiger partial charge in [-0.3, -0.25) is 18.8 Å². The van der Waals surface area contributed by atoms with E-state index >= 15 is 0 Å². The van der Waals surface area contributed by atoms with Crippen molar-refractivity contribution in [2.75, 3.05) is 6.54 Å². The zero-order valence-electron chi connectivity index (χ0n) is 12.5. The largest absolute Gasteiger partial charge is 0.350 e. The van der Waals surface area contributed by atoms with Crippen molar-refractivity contribution in [3.05, 3.63) is 67.6 Å². The fourth-order valence-electron chi connectivity index (χ4n) is 2.10. The fraction of sp³-hybridized carbons (Fsp3) is 0.214. The van der Waals surface area contributed by atoms with E-state index in [1.54, 1.807) is 4.68 Å². The van der Waals surface area contributed by atoms with Crippen LogP contribution in [0.25, 0.3) is 0 Å². The quantitative estimate of drug-likeness (QED) is 0.634. The third-order valence-electron chi connectivity index (χ3n) is 3.29. The van der Waals surface area contributed by atoms with Gasteiger partial charge in [0.05, 0.1) is 13.1 Å². The standard InChI is InChI=1S/C14H14N6O3S/c21-12(16-3-4-19-9-15-8-18-19)11-6-17-14(23)20(13(11)22)7-10-2-1-5-24-10/h1-2,5-6,8-9H,3-4,7H2,(H,16,21)(H,17,23). The second-order valence-electron chi connectivity index (χ2n) is 4.89. The highest BCUT2D eigenvalue weighted by Gasteiger charge is 2.14. The molecule has 0 atom stereocenters. The van der Waals surface area contributed by atoms with Gasteiger partial charge in [0.15, 0.2) is 0 Å². The monoisotopic (exact) mass is 346 g/mol. The number of nitrogens with zero attached hydrogens (tertiary/aromatic N) is 4. The van der Waals surface area contributed by atoms with Gasteiger partial charge in [-0.2, -0.15) is 5.10 Å². The summed E-state index contributed by atoms with van der Waals surface area (Å²) in [7, 11) is 0. The minimum atomic E-state index is -0.620. The summed E-state index contributed by atoms with van der Waals surface area (Å²) < 4.78 is 2.57. The lowest BCUT2D eigenvalue weighted by Crippen LogP contribution is -2.41. The van der Waals surface area contributed by atoms with Crippen LogP contribution in [-0.2, 0) is 13.1 Å². The lowest BCUT2D eigenvalue weighted by atomic mass is 10.3. The van der Waals surface area contributed by atoms with Gasteiger partial charge in [-0.15, -0.1) is 11.3 Å². The molecule has 3 heterocycles. The molecule has 0 aliphatic heterocycles. The maximum absolute atomic E-state index is 12.4. The number of carbonyl (C=O) groups is 1. The van der Waals surface area contributed by atoms with E-state index in [-0.39, 0.29) is 18.7 Å². The zero-order valence-corrected chi connectivity index (χ0v) is 13.3. The summed E-state index contributed by atoms with van der Waals surface area (Å²) in [6.45, 7) is 0.843. The van der Waals surface area contributed by atoms with Gasteiger partial charge in [-0.05, 0) is 11.4 Å². The Morgan fingerprint density at radius 2 is 2.25 bits per heavy atom. The molecule has 0 radical (unpaired) electrons. The lowest BCUT2D eigenvalue weighted by molar-refractivity contribution is 0.0949. The Bertz CT molecular complexity index is 926. The summed E-state index contributed by atoms with van der Waals surface area (Å²) in [5.74, 6) is -0.545. The minimum absolute atomic E-state index is 0.107. The number of aromatic nitrogens is 5. The molecule has 0 unspecified atom stereocenters. The van der Waals surface area contributed by atoms with Gasteiger partial charge in [0.1, 0.15) is 18.2 Å². The first-order valence-corrected chi connectivity index (χ1v) is 7.98. The molecule has 2 N–H and O–H groups in total. The molecule has 0 aliphatic rings. The molecule has 0 saturated heterocycles. The Hall–Kier alpha value is -3.01. The maximum atomic E-state index is 12.4. The molecule has 0 saturated carbocycles. The van der Waals surface area contributed by atoms with Crippen molar-refractivity contribution in [2.24, 2.45) is 0 Å². The number of carbonyl (C=O) groups excluding carboxylic acids is 1. The number of H-pyrrole nitrogens is 1. The molecule has 3 aromatic heterocycles. The van der Waals surface area contributed by atoms with Crippen molar-refractivity contribution < 1.29 is 4.79 Å². The summed E-state index contributed by atoms with van der Waals surface area (Å²) in [6.07, 6.45) is 4.06. The van der Waals surface area contributed by atoms with Crippen molar-refractivity contribution in [2.45, 2.75) is 13.1 Å². The molecule has 124 valence electrons. The SMILES string of the molecule is O=C(NCCn1cncn1)c1c[nH]c(=O)n(Cc2cccs2)c1=O. The number of rotatable bonds is 6. The average Bonchev–Trinajstić information content (AvgIpc) is 3.25. The van der Waals surface area contributed by atoms with Gasteiger partial charge in [-0.25, -0.2) is 9.78 Å². The molecule has 3 rings (SSSR count). The van der Waals surface area contributed by atoms with Gasteiger partial charge >= 0.3 is 5.69 Å². The first kappa shape index (κ1) is 15.9. The first-order valence-electron chi connectivity index (χ1n) is 7.10.